The van der Waals surface area contributed by atoms with Gasteiger partial charge >= 0.3 is 16.5 Å². The van der Waals surface area contributed by atoms with Crippen molar-refractivity contribution in [3.8, 4) is 0 Å². The van der Waals surface area contributed by atoms with Crippen molar-refractivity contribution in [2.75, 3.05) is 0 Å². The fourth-order valence-electron chi connectivity index (χ4n) is 10.1. The third-order valence-corrected chi connectivity index (χ3v) is 20.1. The fourth-order valence-corrected chi connectivity index (χ4v) is 19.4. The second kappa shape index (κ2) is 23.2. The van der Waals surface area contributed by atoms with Crippen LogP contribution in [0.3, 0.4) is 0 Å². The summed E-state index contributed by atoms with van der Waals surface area (Å²) in [6, 6.07) is 0. The minimum atomic E-state index is 0. The predicted octanol–water partition coefficient (Wildman–Crippen LogP) is 6.94. The summed E-state index contributed by atoms with van der Waals surface area (Å²) in [5.74, 6) is 0. The zero-order valence-corrected chi connectivity index (χ0v) is 33.7. The van der Waals surface area contributed by atoms with Gasteiger partial charge in [-0.1, -0.05) is 131 Å². The summed E-state index contributed by atoms with van der Waals surface area (Å²) in [4.78, 5) is 0. The molecule has 6 saturated carbocycles. The molecule has 6 aliphatic carbocycles. The molecule has 0 atom stereocenters. The molecule has 0 saturated heterocycles. The molecule has 0 aliphatic heterocycles. The van der Waals surface area contributed by atoms with E-state index >= 15 is 0 Å². The Morgan fingerprint density at radius 2 is 0.341 bits per heavy atom. The Balaban J connectivity index is 0.000000267. The van der Waals surface area contributed by atoms with Crippen LogP contribution in [0.1, 0.15) is 193 Å². The van der Waals surface area contributed by atoms with Gasteiger partial charge in [0.05, 0.1) is 0 Å². The number of hydrogen-bond acceptors (Lipinski definition) is 0. The molecule has 6 rings (SSSR count). The van der Waals surface area contributed by atoms with Crippen LogP contribution in [0.2, 0.25) is 0 Å². The molecule has 244 valence electrons. The van der Waals surface area contributed by atoms with Crippen LogP contribution >= 0.6 is 15.8 Å². The summed E-state index contributed by atoms with van der Waals surface area (Å²) in [6.07, 6.45) is 47.2. The van der Waals surface area contributed by atoms with E-state index in [9.17, 15) is 0 Å². The first-order valence-electron chi connectivity index (χ1n) is 18.4. The van der Waals surface area contributed by atoms with Gasteiger partial charge in [-0.2, -0.15) is 0 Å². The summed E-state index contributed by atoms with van der Waals surface area (Å²) >= 11 is 0. The average Bonchev–Trinajstić information content (AvgIpc) is 3.01. The first-order chi connectivity index (χ1) is 18.9. The first-order valence-corrected chi connectivity index (χ1v) is 21.5. The Hall–Kier alpha value is 2.81. The van der Waals surface area contributed by atoms with Crippen molar-refractivity contribution in [2.45, 2.75) is 227 Å². The SMILES string of the molecule is C1CCC(P(C2CCCCC2)C2CCCCC2)CC1.C1CCC(P(C2CCCCC2)C2CCCCC2)CC1.[I-].[I-].[Ni+2]. The summed E-state index contributed by atoms with van der Waals surface area (Å²) in [6.45, 7) is 0. The van der Waals surface area contributed by atoms with Crippen LogP contribution in [0.15, 0.2) is 0 Å². The molecule has 0 aromatic rings. The molecule has 0 radical (unpaired) electrons. The zero-order valence-electron chi connectivity index (χ0n) is 26.6. The topological polar surface area (TPSA) is 0 Å². The van der Waals surface area contributed by atoms with Crippen LogP contribution in [-0.2, 0) is 16.5 Å². The first kappa shape index (κ1) is 40.0. The average molecular weight is 873 g/mol. The van der Waals surface area contributed by atoms with Crippen LogP contribution in [0.5, 0.6) is 0 Å². The van der Waals surface area contributed by atoms with Gasteiger partial charge in [0.2, 0.25) is 0 Å². The van der Waals surface area contributed by atoms with E-state index in [-0.39, 0.29) is 64.4 Å². The van der Waals surface area contributed by atoms with Gasteiger partial charge in [-0.05, 0) is 111 Å². The molecule has 6 fully saturated rings. The molecule has 0 bridgehead atoms. The minimum absolute atomic E-state index is 0. The standard InChI is InChI=1S/2C18H33P.2HI.Ni/c2*1-4-10-16(11-5-1)19(17-12-6-2-7-13-17)18-14-8-3-9-15-18;;;/h2*16-18H,1-15H2;2*1H;/q;;;;+2/p-2. The van der Waals surface area contributed by atoms with Gasteiger partial charge in [-0.25, -0.2) is 0 Å². The molecule has 6 aliphatic rings. The van der Waals surface area contributed by atoms with E-state index in [1.54, 1.807) is 154 Å². The normalized spacial score (nSPS) is 26.8. The maximum atomic E-state index is 1.61. The summed E-state index contributed by atoms with van der Waals surface area (Å²) in [5, 5.41) is 0. The van der Waals surface area contributed by atoms with E-state index in [2.05, 4.69) is 0 Å². The van der Waals surface area contributed by atoms with Crippen molar-refractivity contribution in [1.29, 1.82) is 0 Å². The predicted molar refractivity (Wildman–Crippen MR) is 175 cm³/mol. The Kier molecular flexibility index (Phi) is 22.6. The second-order valence-electron chi connectivity index (χ2n) is 14.6. The Bertz CT molecular complexity index is 475. The van der Waals surface area contributed by atoms with E-state index in [1.165, 1.54) is 72.5 Å². The zero-order chi connectivity index (χ0) is 25.8. The fraction of sp³-hybridized carbons (Fsp3) is 1.00. The molecule has 0 N–H and O–H groups in total. The third kappa shape index (κ3) is 12.7. The third-order valence-electron chi connectivity index (χ3n) is 12.0. The molecule has 0 unspecified atom stereocenters. The van der Waals surface area contributed by atoms with Gasteiger partial charge in [-0.3, -0.25) is 0 Å². The molecule has 0 aromatic heterocycles. The van der Waals surface area contributed by atoms with E-state index in [0.29, 0.717) is 15.8 Å². The summed E-state index contributed by atoms with van der Waals surface area (Å²) < 4.78 is 0. The van der Waals surface area contributed by atoms with Crippen molar-refractivity contribution in [3.63, 3.8) is 0 Å². The largest absolute Gasteiger partial charge is 2.00 e. The van der Waals surface area contributed by atoms with Crippen LogP contribution in [0.4, 0.5) is 0 Å². The molecule has 0 aromatic carbocycles. The molecular weight excluding hydrogens is 807 g/mol. The van der Waals surface area contributed by atoms with Crippen molar-refractivity contribution in [1.82, 2.24) is 0 Å². The Labute approximate surface area is 304 Å². The van der Waals surface area contributed by atoms with Crippen molar-refractivity contribution >= 4 is 15.8 Å². The maximum absolute atomic E-state index is 1.61. The second-order valence-corrected chi connectivity index (χ2v) is 20.8. The quantitative estimate of drug-likeness (QED) is 0.154. The number of rotatable bonds is 6. The Morgan fingerprint density at radius 3 is 0.463 bits per heavy atom. The van der Waals surface area contributed by atoms with Gasteiger partial charge in [0.15, 0.2) is 0 Å². The van der Waals surface area contributed by atoms with Crippen molar-refractivity contribution in [3.05, 3.63) is 0 Å². The van der Waals surface area contributed by atoms with E-state index in [4.69, 9.17) is 0 Å². The molecule has 0 nitrogen and oxygen atoms in total. The van der Waals surface area contributed by atoms with Crippen LogP contribution in [0, 0.1) is 0 Å². The molecule has 5 heteroatoms. The molecule has 41 heavy (non-hydrogen) atoms. The van der Waals surface area contributed by atoms with Crippen molar-refractivity contribution < 1.29 is 64.4 Å². The van der Waals surface area contributed by atoms with Gasteiger partial charge in [-0.15, -0.1) is 0 Å². The molecule has 0 spiro atoms. The van der Waals surface area contributed by atoms with Crippen LogP contribution in [-0.4, -0.2) is 34.0 Å². The summed E-state index contributed by atoms with van der Waals surface area (Å²) in [7, 11) is 0.770. The maximum Gasteiger partial charge on any atom is 2.00 e. The van der Waals surface area contributed by atoms with Gasteiger partial charge in [0.1, 0.15) is 0 Å². The summed E-state index contributed by atoms with van der Waals surface area (Å²) in [5.41, 5.74) is 7.14. The smallest absolute Gasteiger partial charge is 1.00 e. The van der Waals surface area contributed by atoms with Crippen LogP contribution in [0.25, 0.3) is 0 Å². The van der Waals surface area contributed by atoms with Gasteiger partial charge in [0, 0.05) is 0 Å². The minimum Gasteiger partial charge on any atom is -1.00 e. The van der Waals surface area contributed by atoms with E-state index < -0.39 is 0 Å². The Morgan fingerprint density at radius 1 is 0.220 bits per heavy atom. The van der Waals surface area contributed by atoms with Crippen LogP contribution < -0.4 is 48.0 Å². The molecular formula is C36H66I2NiP2. The monoisotopic (exact) mass is 872 g/mol. The number of halogens is 2. The molecule has 0 heterocycles. The number of hydrogen-bond donors (Lipinski definition) is 0. The van der Waals surface area contributed by atoms with Gasteiger partial charge in [0.25, 0.3) is 0 Å². The van der Waals surface area contributed by atoms with E-state index in [1.807, 2.05) is 0 Å². The van der Waals surface area contributed by atoms with Crippen molar-refractivity contribution in [2.24, 2.45) is 0 Å². The van der Waals surface area contributed by atoms with Gasteiger partial charge < -0.3 is 48.0 Å². The molecule has 0 amide bonds. The van der Waals surface area contributed by atoms with E-state index in [0.717, 1.165) is 0 Å².